The predicted octanol–water partition coefficient (Wildman–Crippen LogP) is 2.29. The molecule has 6 nitrogen and oxygen atoms in total. The minimum Gasteiger partial charge on any atom is -0.458 e. The monoisotopic (exact) mass is 304 g/mol. The van der Waals surface area contributed by atoms with Crippen molar-refractivity contribution >= 4 is 5.97 Å². The van der Waals surface area contributed by atoms with Gasteiger partial charge >= 0.3 is 11.9 Å². The van der Waals surface area contributed by atoms with Crippen LogP contribution in [0.2, 0.25) is 0 Å². The summed E-state index contributed by atoms with van der Waals surface area (Å²) < 4.78 is 27.4. The molecule has 1 N–H and O–H groups in total. The van der Waals surface area contributed by atoms with E-state index in [1.165, 1.54) is 18.4 Å². The molecule has 2 aromatic rings. The Morgan fingerprint density at radius 3 is 2.86 bits per heavy atom. The SMILES string of the molecule is O=C(OC1=COCO1)c1cc(CCc2ccc(F)cc2)[nH]n1. The fraction of sp³-hybridized carbons (Fsp3) is 0.200. The van der Waals surface area contributed by atoms with Gasteiger partial charge in [-0.3, -0.25) is 5.10 Å². The number of aryl methyl sites for hydroxylation is 2. The number of nitrogens with zero attached hydrogens (tertiary/aromatic N) is 1. The standard InChI is InChI=1S/C15H13FN2O4/c16-11-4-1-10(2-5-11)3-6-12-7-13(18-17-12)15(19)22-14-8-20-9-21-14/h1-2,4-5,7-8H,3,6,9H2,(H,17,18). The number of halogens is 1. The van der Waals surface area contributed by atoms with Crippen molar-refractivity contribution in [1.29, 1.82) is 0 Å². The van der Waals surface area contributed by atoms with Crippen molar-refractivity contribution in [2.75, 3.05) is 6.79 Å². The number of rotatable bonds is 5. The first-order chi connectivity index (χ1) is 10.7. The van der Waals surface area contributed by atoms with Gasteiger partial charge in [-0.15, -0.1) is 0 Å². The van der Waals surface area contributed by atoms with E-state index in [9.17, 15) is 9.18 Å². The molecule has 0 bridgehead atoms. The van der Waals surface area contributed by atoms with Gasteiger partial charge in [-0.05, 0) is 36.6 Å². The molecular weight excluding hydrogens is 291 g/mol. The van der Waals surface area contributed by atoms with Gasteiger partial charge in [0.05, 0.1) is 0 Å². The van der Waals surface area contributed by atoms with Gasteiger partial charge in [-0.25, -0.2) is 9.18 Å². The smallest absolute Gasteiger partial charge is 0.366 e. The van der Waals surface area contributed by atoms with Gasteiger partial charge < -0.3 is 14.2 Å². The van der Waals surface area contributed by atoms with Crippen molar-refractivity contribution in [3.05, 3.63) is 65.3 Å². The summed E-state index contributed by atoms with van der Waals surface area (Å²) in [4.78, 5) is 11.8. The minimum atomic E-state index is -0.624. The van der Waals surface area contributed by atoms with Crippen LogP contribution >= 0.6 is 0 Å². The van der Waals surface area contributed by atoms with Crippen molar-refractivity contribution in [3.8, 4) is 0 Å². The predicted molar refractivity (Wildman–Crippen MR) is 72.9 cm³/mol. The van der Waals surface area contributed by atoms with E-state index in [1.54, 1.807) is 18.2 Å². The highest BCUT2D eigenvalue weighted by molar-refractivity contribution is 5.87. The number of carbonyl (C=O) groups is 1. The molecule has 3 rings (SSSR count). The summed E-state index contributed by atoms with van der Waals surface area (Å²) in [5.74, 6) is -0.871. The molecule has 1 aromatic heterocycles. The first kappa shape index (κ1) is 14.1. The average molecular weight is 304 g/mol. The van der Waals surface area contributed by atoms with Gasteiger partial charge in [-0.1, -0.05) is 12.1 Å². The van der Waals surface area contributed by atoms with Crippen LogP contribution in [0.25, 0.3) is 0 Å². The molecule has 0 unspecified atom stereocenters. The van der Waals surface area contributed by atoms with Gasteiger partial charge in [0.1, 0.15) is 5.82 Å². The van der Waals surface area contributed by atoms with E-state index < -0.39 is 5.97 Å². The molecule has 0 saturated heterocycles. The molecular formula is C15H13FN2O4. The van der Waals surface area contributed by atoms with Crippen molar-refractivity contribution in [2.45, 2.75) is 12.8 Å². The molecule has 0 fully saturated rings. The Balaban J connectivity index is 1.56. The molecule has 0 amide bonds. The minimum absolute atomic E-state index is 0.0147. The molecule has 0 aliphatic carbocycles. The van der Waals surface area contributed by atoms with Crippen molar-refractivity contribution in [2.24, 2.45) is 0 Å². The quantitative estimate of drug-likeness (QED) is 0.858. The number of benzene rings is 1. The number of carbonyl (C=O) groups excluding carboxylic acids is 1. The maximum Gasteiger partial charge on any atom is 0.366 e. The van der Waals surface area contributed by atoms with Crippen LogP contribution in [0.4, 0.5) is 4.39 Å². The normalized spacial score (nSPS) is 13.2. The van der Waals surface area contributed by atoms with E-state index in [0.29, 0.717) is 12.8 Å². The Morgan fingerprint density at radius 1 is 1.32 bits per heavy atom. The van der Waals surface area contributed by atoms with E-state index in [-0.39, 0.29) is 24.2 Å². The van der Waals surface area contributed by atoms with Crippen LogP contribution in [-0.2, 0) is 27.1 Å². The summed E-state index contributed by atoms with van der Waals surface area (Å²) in [6.45, 7) is 0.0338. The third-order valence-electron chi connectivity index (χ3n) is 3.08. The Labute approximate surface area is 125 Å². The van der Waals surface area contributed by atoms with Crippen LogP contribution < -0.4 is 0 Å². The summed E-state index contributed by atoms with van der Waals surface area (Å²) >= 11 is 0. The van der Waals surface area contributed by atoms with Gasteiger partial charge in [0.25, 0.3) is 0 Å². The molecule has 22 heavy (non-hydrogen) atoms. The lowest BCUT2D eigenvalue weighted by atomic mass is 10.1. The van der Waals surface area contributed by atoms with Gasteiger partial charge in [0.15, 0.2) is 12.0 Å². The lowest BCUT2D eigenvalue weighted by Crippen LogP contribution is -2.05. The zero-order chi connectivity index (χ0) is 15.4. The zero-order valence-corrected chi connectivity index (χ0v) is 11.5. The molecule has 7 heteroatoms. The van der Waals surface area contributed by atoms with Crippen LogP contribution in [0, 0.1) is 5.82 Å². The van der Waals surface area contributed by atoms with E-state index in [2.05, 4.69) is 10.2 Å². The van der Waals surface area contributed by atoms with Crippen molar-refractivity contribution in [1.82, 2.24) is 10.2 Å². The summed E-state index contributed by atoms with van der Waals surface area (Å²) in [5, 5.41) is 6.68. The molecule has 0 radical (unpaired) electrons. The first-order valence-electron chi connectivity index (χ1n) is 6.66. The van der Waals surface area contributed by atoms with E-state index in [0.717, 1.165) is 11.3 Å². The number of aromatic amines is 1. The van der Waals surface area contributed by atoms with E-state index >= 15 is 0 Å². The van der Waals surface area contributed by atoms with E-state index in [4.69, 9.17) is 14.2 Å². The average Bonchev–Trinajstić information content (AvgIpc) is 3.18. The number of hydrogen-bond donors (Lipinski definition) is 1. The second-order valence-corrected chi connectivity index (χ2v) is 4.66. The highest BCUT2D eigenvalue weighted by Gasteiger charge is 2.17. The highest BCUT2D eigenvalue weighted by Crippen LogP contribution is 2.12. The lowest BCUT2D eigenvalue weighted by molar-refractivity contribution is 0.0102. The second kappa shape index (κ2) is 6.30. The fourth-order valence-corrected chi connectivity index (χ4v) is 1.95. The molecule has 0 atom stereocenters. The number of esters is 1. The maximum atomic E-state index is 12.8. The largest absolute Gasteiger partial charge is 0.458 e. The Kier molecular flexibility index (Phi) is 4.04. The highest BCUT2D eigenvalue weighted by atomic mass is 19.1. The molecule has 0 saturated carbocycles. The van der Waals surface area contributed by atoms with Crippen LogP contribution in [0.1, 0.15) is 21.7 Å². The van der Waals surface area contributed by atoms with Crippen LogP contribution in [-0.4, -0.2) is 23.0 Å². The number of aromatic nitrogens is 2. The molecule has 1 aliphatic rings. The lowest BCUT2D eigenvalue weighted by Gasteiger charge is -2.00. The number of ether oxygens (including phenoxy) is 3. The van der Waals surface area contributed by atoms with Crippen molar-refractivity contribution < 1.29 is 23.4 Å². The molecule has 1 aromatic carbocycles. The summed E-state index contributed by atoms with van der Waals surface area (Å²) in [7, 11) is 0. The summed E-state index contributed by atoms with van der Waals surface area (Å²) in [5.41, 5.74) is 1.95. The Hall–Kier alpha value is -2.83. The molecule has 114 valence electrons. The maximum absolute atomic E-state index is 12.8. The second-order valence-electron chi connectivity index (χ2n) is 4.66. The molecule has 0 spiro atoms. The van der Waals surface area contributed by atoms with Gasteiger partial charge in [0, 0.05) is 5.69 Å². The zero-order valence-electron chi connectivity index (χ0n) is 11.5. The van der Waals surface area contributed by atoms with Crippen LogP contribution in [0.3, 0.4) is 0 Å². The molecule has 1 aliphatic heterocycles. The first-order valence-corrected chi connectivity index (χ1v) is 6.66. The van der Waals surface area contributed by atoms with Crippen LogP contribution in [0.15, 0.2) is 42.5 Å². The summed E-state index contributed by atoms with van der Waals surface area (Å²) in [6.07, 6.45) is 2.58. The van der Waals surface area contributed by atoms with Gasteiger partial charge in [-0.2, -0.15) is 5.10 Å². The number of hydrogen-bond acceptors (Lipinski definition) is 5. The van der Waals surface area contributed by atoms with Crippen LogP contribution in [0.5, 0.6) is 0 Å². The summed E-state index contributed by atoms with van der Waals surface area (Å²) in [6, 6.07) is 7.91. The number of H-pyrrole nitrogens is 1. The Morgan fingerprint density at radius 2 is 2.14 bits per heavy atom. The third-order valence-corrected chi connectivity index (χ3v) is 3.08. The third kappa shape index (κ3) is 3.43. The fourth-order valence-electron chi connectivity index (χ4n) is 1.95. The van der Waals surface area contributed by atoms with Gasteiger partial charge in [0.2, 0.25) is 6.79 Å². The molecule has 2 heterocycles. The number of nitrogens with one attached hydrogen (secondary N) is 1. The Bertz CT molecular complexity index is 694. The topological polar surface area (TPSA) is 73.4 Å². The van der Waals surface area contributed by atoms with Crippen molar-refractivity contribution in [3.63, 3.8) is 0 Å². The van der Waals surface area contributed by atoms with E-state index in [1.807, 2.05) is 0 Å².